The number of benzene rings is 1. The van der Waals surface area contributed by atoms with E-state index in [1.165, 1.54) is 26.4 Å². The first-order valence-electron chi connectivity index (χ1n) is 6.19. The predicted molar refractivity (Wildman–Crippen MR) is 78.4 cm³/mol. The van der Waals surface area contributed by atoms with E-state index < -0.39 is 10.8 Å². The average Bonchev–Trinajstić information content (AvgIpc) is 2.54. The number of carbonyl (C=O) groups excluding carboxylic acids is 1. The van der Waals surface area contributed by atoms with Crippen molar-refractivity contribution in [1.82, 2.24) is 4.98 Å². The zero-order chi connectivity index (χ0) is 16.1. The van der Waals surface area contributed by atoms with Crippen LogP contribution in [-0.4, -0.2) is 30.0 Å². The smallest absolute Gasteiger partial charge is 0.287 e. The second-order valence-corrected chi connectivity index (χ2v) is 4.18. The van der Waals surface area contributed by atoms with Crippen LogP contribution in [0.2, 0.25) is 0 Å². The largest absolute Gasteiger partial charge is 0.497 e. The number of pyridine rings is 1. The third-order valence-corrected chi connectivity index (χ3v) is 2.85. The molecule has 2 aromatic rings. The fourth-order valence-corrected chi connectivity index (χ4v) is 1.74. The SMILES string of the molecule is COc1ccc(C(=O)Nc2ccc([N+](=O)[O-])cn2)c(OC)c1. The first-order valence-corrected chi connectivity index (χ1v) is 6.19. The summed E-state index contributed by atoms with van der Waals surface area (Å²) >= 11 is 0. The van der Waals surface area contributed by atoms with Gasteiger partial charge in [-0.1, -0.05) is 0 Å². The molecule has 1 aromatic carbocycles. The van der Waals surface area contributed by atoms with Gasteiger partial charge in [0.1, 0.15) is 23.5 Å². The fraction of sp³-hybridized carbons (Fsp3) is 0.143. The highest BCUT2D eigenvalue weighted by atomic mass is 16.6. The third-order valence-electron chi connectivity index (χ3n) is 2.85. The fourth-order valence-electron chi connectivity index (χ4n) is 1.74. The Bertz CT molecular complexity index is 700. The number of hydrogen-bond acceptors (Lipinski definition) is 6. The molecule has 0 aliphatic rings. The van der Waals surface area contributed by atoms with Gasteiger partial charge in [-0.05, 0) is 18.2 Å². The lowest BCUT2D eigenvalue weighted by Gasteiger charge is -2.10. The van der Waals surface area contributed by atoms with Crippen molar-refractivity contribution in [3.05, 3.63) is 52.2 Å². The summed E-state index contributed by atoms with van der Waals surface area (Å²) in [5.74, 6) is 0.662. The van der Waals surface area contributed by atoms with Gasteiger partial charge in [0.25, 0.3) is 11.6 Å². The highest BCUT2D eigenvalue weighted by Gasteiger charge is 2.14. The number of aromatic nitrogens is 1. The Kier molecular flexibility index (Phi) is 4.52. The van der Waals surface area contributed by atoms with E-state index in [4.69, 9.17) is 9.47 Å². The van der Waals surface area contributed by atoms with E-state index in [0.29, 0.717) is 17.1 Å². The van der Waals surface area contributed by atoms with Gasteiger partial charge < -0.3 is 14.8 Å². The van der Waals surface area contributed by atoms with Crippen LogP contribution in [0.5, 0.6) is 11.5 Å². The summed E-state index contributed by atoms with van der Waals surface area (Å²) in [4.78, 5) is 26.0. The number of methoxy groups -OCH3 is 2. The molecule has 0 saturated heterocycles. The van der Waals surface area contributed by atoms with E-state index in [-0.39, 0.29) is 11.5 Å². The second kappa shape index (κ2) is 6.53. The van der Waals surface area contributed by atoms with Crippen molar-refractivity contribution < 1.29 is 19.2 Å². The van der Waals surface area contributed by atoms with E-state index in [2.05, 4.69) is 10.3 Å². The minimum absolute atomic E-state index is 0.153. The summed E-state index contributed by atoms with van der Waals surface area (Å²) in [6, 6.07) is 7.37. The topological polar surface area (TPSA) is 104 Å². The Morgan fingerprint density at radius 1 is 1.23 bits per heavy atom. The summed E-state index contributed by atoms with van der Waals surface area (Å²) in [5.41, 5.74) is 0.142. The van der Waals surface area contributed by atoms with Gasteiger partial charge >= 0.3 is 0 Å². The maximum Gasteiger partial charge on any atom is 0.287 e. The molecular formula is C14H13N3O5. The molecule has 8 nitrogen and oxygen atoms in total. The molecule has 1 amide bonds. The van der Waals surface area contributed by atoms with Crippen molar-refractivity contribution in [3.8, 4) is 11.5 Å². The minimum atomic E-state index is -0.564. The molecule has 0 atom stereocenters. The number of nitrogens with one attached hydrogen (secondary N) is 1. The molecule has 8 heteroatoms. The van der Waals surface area contributed by atoms with Gasteiger partial charge in [0.15, 0.2) is 0 Å². The van der Waals surface area contributed by atoms with Gasteiger partial charge in [0, 0.05) is 12.1 Å². The van der Waals surface area contributed by atoms with Crippen LogP contribution in [0, 0.1) is 10.1 Å². The van der Waals surface area contributed by atoms with Crippen molar-refractivity contribution in [1.29, 1.82) is 0 Å². The summed E-state index contributed by atoms with van der Waals surface area (Å²) in [6.07, 6.45) is 1.07. The minimum Gasteiger partial charge on any atom is -0.497 e. The normalized spacial score (nSPS) is 9.91. The van der Waals surface area contributed by atoms with Crippen LogP contribution in [0.1, 0.15) is 10.4 Å². The molecule has 0 bridgehead atoms. The molecule has 22 heavy (non-hydrogen) atoms. The van der Waals surface area contributed by atoms with Crippen LogP contribution in [-0.2, 0) is 0 Å². The first kappa shape index (κ1) is 15.2. The molecule has 1 N–H and O–H groups in total. The molecule has 0 unspecified atom stereocenters. The Labute approximate surface area is 125 Å². The van der Waals surface area contributed by atoms with E-state index in [1.54, 1.807) is 18.2 Å². The molecule has 0 aliphatic carbocycles. The van der Waals surface area contributed by atoms with Crippen LogP contribution < -0.4 is 14.8 Å². The van der Waals surface area contributed by atoms with Crippen LogP contribution in [0.4, 0.5) is 11.5 Å². The monoisotopic (exact) mass is 303 g/mol. The molecule has 114 valence electrons. The summed E-state index contributed by atoms with van der Waals surface area (Å²) in [6.45, 7) is 0. The summed E-state index contributed by atoms with van der Waals surface area (Å²) in [5, 5.41) is 13.1. The van der Waals surface area contributed by atoms with Crippen LogP contribution in [0.15, 0.2) is 36.5 Å². The molecule has 0 fully saturated rings. The maximum absolute atomic E-state index is 12.2. The van der Waals surface area contributed by atoms with Crippen molar-refractivity contribution in [2.45, 2.75) is 0 Å². The zero-order valence-corrected chi connectivity index (χ0v) is 11.9. The van der Waals surface area contributed by atoms with E-state index in [9.17, 15) is 14.9 Å². The lowest BCUT2D eigenvalue weighted by atomic mass is 10.1. The lowest BCUT2D eigenvalue weighted by Crippen LogP contribution is -2.14. The van der Waals surface area contributed by atoms with Gasteiger partial charge in [0.05, 0.1) is 24.7 Å². The molecule has 0 aliphatic heterocycles. The van der Waals surface area contributed by atoms with Gasteiger partial charge in [-0.2, -0.15) is 0 Å². The number of ether oxygens (including phenoxy) is 2. The Hall–Kier alpha value is -3.16. The van der Waals surface area contributed by atoms with Gasteiger partial charge in [-0.25, -0.2) is 4.98 Å². The van der Waals surface area contributed by atoms with Gasteiger partial charge in [-0.15, -0.1) is 0 Å². The highest BCUT2D eigenvalue weighted by Crippen LogP contribution is 2.25. The molecule has 0 spiro atoms. The number of nitrogens with zero attached hydrogens (tertiary/aromatic N) is 2. The molecular weight excluding hydrogens is 290 g/mol. The van der Waals surface area contributed by atoms with Crippen molar-refractivity contribution >= 4 is 17.4 Å². The van der Waals surface area contributed by atoms with E-state index >= 15 is 0 Å². The Balaban J connectivity index is 2.20. The lowest BCUT2D eigenvalue weighted by molar-refractivity contribution is -0.385. The summed E-state index contributed by atoms with van der Waals surface area (Å²) in [7, 11) is 2.95. The number of amides is 1. The number of carbonyl (C=O) groups is 1. The first-order chi connectivity index (χ1) is 10.5. The average molecular weight is 303 g/mol. The van der Waals surface area contributed by atoms with E-state index in [1.807, 2.05) is 0 Å². The second-order valence-electron chi connectivity index (χ2n) is 4.18. The number of nitro groups is 1. The molecule has 0 saturated carbocycles. The summed E-state index contributed by atoms with van der Waals surface area (Å²) < 4.78 is 10.2. The standard InChI is InChI=1S/C14H13N3O5/c1-21-10-4-5-11(12(7-10)22-2)14(18)16-13-6-3-9(8-15-13)17(19)20/h3-8H,1-2H3,(H,15,16,18). The predicted octanol–water partition coefficient (Wildman–Crippen LogP) is 2.26. The van der Waals surface area contributed by atoms with Crippen LogP contribution in [0.3, 0.4) is 0 Å². The van der Waals surface area contributed by atoms with Crippen molar-refractivity contribution in [2.75, 3.05) is 19.5 Å². The molecule has 0 radical (unpaired) electrons. The van der Waals surface area contributed by atoms with Crippen molar-refractivity contribution in [3.63, 3.8) is 0 Å². The zero-order valence-electron chi connectivity index (χ0n) is 11.9. The highest BCUT2D eigenvalue weighted by molar-refractivity contribution is 6.05. The van der Waals surface area contributed by atoms with Gasteiger partial charge in [0.2, 0.25) is 0 Å². The van der Waals surface area contributed by atoms with Crippen LogP contribution >= 0.6 is 0 Å². The third kappa shape index (κ3) is 3.29. The van der Waals surface area contributed by atoms with Crippen LogP contribution in [0.25, 0.3) is 0 Å². The van der Waals surface area contributed by atoms with Gasteiger partial charge in [-0.3, -0.25) is 14.9 Å². The Morgan fingerprint density at radius 2 is 2.00 bits per heavy atom. The maximum atomic E-state index is 12.2. The van der Waals surface area contributed by atoms with Crippen molar-refractivity contribution in [2.24, 2.45) is 0 Å². The molecule has 2 rings (SSSR count). The Morgan fingerprint density at radius 3 is 2.55 bits per heavy atom. The number of rotatable bonds is 5. The number of anilines is 1. The molecule has 1 aromatic heterocycles. The quantitative estimate of drug-likeness (QED) is 0.671. The number of hydrogen-bond donors (Lipinski definition) is 1. The van der Waals surface area contributed by atoms with E-state index in [0.717, 1.165) is 6.20 Å². The molecule has 1 heterocycles.